The zero-order valence-corrected chi connectivity index (χ0v) is 13.5. The number of halogens is 2. The SMILES string of the molecule is O=[N+]([O-])c1cnc(N(Cc2ccc(F)cc2)Cc2ccc(F)cc2)nc1. The average Bonchev–Trinajstić information content (AvgIpc) is 2.65. The van der Waals surface area contributed by atoms with Crippen molar-refractivity contribution >= 4 is 11.6 Å². The van der Waals surface area contributed by atoms with Crippen LogP contribution in [0.2, 0.25) is 0 Å². The van der Waals surface area contributed by atoms with Crippen LogP contribution in [0.25, 0.3) is 0 Å². The molecule has 0 saturated carbocycles. The molecule has 3 rings (SSSR count). The highest BCUT2D eigenvalue weighted by atomic mass is 19.1. The van der Waals surface area contributed by atoms with Crippen molar-refractivity contribution in [3.05, 3.63) is 93.8 Å². The minimum Gasteiger partial charge on any atom is -0.332 e. The molecular weight excluding hydrogens is 342 g/mol. The molecule has 1 heterocycles. The molecule has 0 saturated heterocycles. The second-order valence-corrected chi connectivity index (χ2v) is 5.61. The van der Waals surface area contributed by atoms with Crippen LogP contribution in [0.4, 0.5) is 20.4 Å². The number of nitrogens with zero attached hydrogens (tertiary/aromatic N) is 4. The van der Waals surface area contributed by atoms with Crippen molar-refractivity contribution in [3.8, 4) is 0 Å². The highest BCUT2D eigenvalue weighted by Crippen LogP contribution is 2.18. The van der Waals surface area contributed by atoms with E-state index in [-0.39, 0.29) is 23.3 Å². The Labute approximate surface area is 147 Å². The Hall–Kier alpha value is -3.42. The van der Waals surface area contributed by atoms with Crippen LogP contribution in [-0.2, 0) is 13.1 Å². The maximum absolute atomic E-state index is 13.1. The fourth-order valence-electron chi connectivity index (χ4n) is 2.39. The molecule has 0 amide bonds. The lowest BCUT2D eigenvalue weighted by Gasteiger charge is -2.22. The van der Waals surface area contributed by atoms with Gasteiger partial charge in [-0.15, -0.1) is 0 Å². The molecule has 8 heteroatoms. The van der Waals surface area contributed by atoms with E-state index < -0.39 is 4.92 Å². The van der Waals surface area contributed by atoms with Gasteiger partial charge in [-0.05, 0) is 35.4 Å². The van der Waals surface area contributed by atoms with Gasteiger partial charge in [0.1, 0.15) is 24.0 Å². The Kier molecular flexibility index (Phi) is 5.12. The van der Waals surface area contributed by atoms with Crippen molar-refractivity contribution in [2.75, 3.05) is 4.90 Å². The third-order valence-corrected chi connectivity index (χ3v) is 3.69. The van der Waals surface area contributed by atoms with Gasteiger partial charge in [-0.1, -0.05) is 24.3 Å². The van der Waals surface area contributed by atoms with Crippen LogP contribution in [0.15, 0.2) is 60.9 Å². The molecule has 0 N–H and O–H groups in total. The van der Waals surface area contributed by atoms with Crippen LogP contribution in [0.3, 0.4) is 0 Å². The van der Waals surface area contributed by atoms with E-state index in [1.165, 1.54) is 24.3 Å². The third kappa shape index (κ3) is 4.35. The smallest absolute Gasteiger partial charge is 0.305 e. The summed E-state index contributed by atoms with van der Waals surface area (Å²) in [6.45, 7) is 0.713. The first-order valence-electron chi connectivity index (χ1n) is 7.71. The minimum atomic E-state index is -0.575. The molecule has 0 fully saturated rings. The molecule has 0 aliphatic rings. The number of benzene rings is 2. The molecule has 2 aromatic carbocycles. The predicted molar refractivity (Wildman–Crippen MR) is 91.4 cm³/mol. The molecule has 0 bridgehead atoms. The molecule has 0 aliphatic carbocycles. The summed E-state index contributed by atoms with van der Waals surface area (Å²) in [7, 11) is 0. The summed E-state index contributed by atoms with van der Waals surface area (Å²) in [5.41, 5.74) is 1.42. The van der Waals surface area contributed by atoms with Gasteiger partial charge >= 0.3 is 5.69 Å². The lowest BCUT2D eigenvalue weighted by Crippen LogP contribution is -2.24. The number of rotatable bonds is 6. The number of hydrogen-bond acceptors (Lipinski definition) is 5. The largest absolute Gasteiger partial charge is 0.332 e. The first kappa shape index (κ1) is 17.4. The van der Waals surface area contributed by atoms with Crippen molar-refractivity contribution < 1.29 is 13.7 Å². The molecule has 0 spiro atoms. The zero-order valence-electron chi connectivity index (χ0n) is 13.5. The quantitative estimate of drug-likeness (QED) is 0.495. The van der Waals surface area contributed by atoms with E-state index in [9.17, 15) is 18.9 Å². The summed E-state index contributed by atoms with van der Waals surface area (Å²) in [6.07, 6.45) is 2.26. The highest BCUT2D eigenvalue weighted by molar-refractivity contribution is 5.37. The first-order valence-corrected chi connectivity index (χ1v) is 7.71. The van der Waals surface area contributed by atoms with Crippen molar-refractivity contribution in [1.82, 2.24) is 9.97 Å². The lowest BCUT2D eigenvalue weighted by molar-refractivity contribution is -0.385. The second kappa shape index (κ2) is 7.64. The Morgan fingerprint density at radius 2 is 1.27 bits per heavy atom. The van der Waals surface area contributed by atoms with E-state index in [4.69, 9.17) is 0 Å². The molecule has 6 nitrogen and oxygen atoms in total. The molecule has 132 valence electrons. The number of aromatic nitrogens is 2. The van der Waals surface area contributed by atoms with Gasteiger partial charge in [0, 0.05) is 13.1 Å². The minimum absolute atomic E-state index is 0.211. The van der Waals surface area contributed by atoms with Crippen molar-refractivity contribution in [1.29, 1.82) is 0 Å². The van der Waals surface area contributed by atoms with Gasteiger partial charge in [-0.2, -0.15) is 0 Å². The molecule has 0 unspecified atom stereocenters. The number of nitro groups is 1. The first-order chi connectivity index (χ1) is 12.5. The van der Waals surface area contributed by atoms with Crippen LogP contribution >= 0.6 is 0 Å². The number of anilines is 1. The molecule has 0 aliphatic heterocycles. The third-order valence-electron chi connectivity index (χ3n) is 3.69. The fraction of sp³-hybridized carbons (Fsp3) is 0.111. The van der Waals surface area contributed by atoms with E-state index in [0.29, 0.717) is 13.1 Å². The normalized spacial score (nSPS) is 10.5. The van der Waals surface area contributed by atoms with E-state index in [0.717, 1.165) is 23.5 Å². The number of hydrogen-bond donors (Lipinski definition) is 0. The molecule has 1 aromatic heterocycles. The van der Waals surface area contributed by atoms with Gasteiger partial charge < -0.3 is 4.90 Å². The van der Waals surface area contributed by atoms with Crippen LogP contribution in [0.1, 0.15) is 11.1 Å². The Morgan fingerprint density at radius 1 is 0.846 bits per heavy atom. The molecule has 0 atom stereocenters. The van der Waals surface area contributed by atoms with Crippen LogP contribution in [0.5, 0.6) is 0 Å². The maximum Gasteiger partial charge on any atom is 0.305 e. The van der Waals surface area contributed by atoms with Gasteiger partial charge in [0.15, 0.2) is 0 Å². The summed E-state index contributed by atoms with van der Waals surface area (Å²) in [5.74, 6) is -0.403. The maximum atomic E-state index is 13.1. The summed E-state index contributed by atoms with van der Waals surface area (Å²) < 4.78 is 26.2. The van der Waals surface area contributed by atoms with E-state index in [1.54, 1.807) is 29.2 Å². The molecule has 26 heavy (non-hydrogen) atoms. The fourth-order valence-corrected chi connectivity index (χ4v) is 2.39. The molecule has 3 aromatic rings. The van der Waals surface area contributed by atoms with Crippen molar-refractivity contribution in [2.45, 2.75) is 13.1 Å². The topological polar surface area (TPSA) is 72.2 Å². The summed E-state index contributed by atoms with van der Waals surface area (Å²) in [6, 6.07) is 11.9. The van der Waals surface area contributed by atoms with E-state index >= 15 is 0 Å². The van der Waals surface area contributed by atoms with E-state index in [1.807, 2.05) is 0 Å². The molecule has 0 radical (unpaired) electrons. The Bertz CT molecular complexity index is 837. The van der Waals surface area contributed by atoms with Crippen molar-refractivity contribution in [2.24, 2.45) is 0 Å². The van der Waals surface area contributed by atoms with Gasteiger partial charge in [-0.3, -0.25) is 10.1 Å². The van der Waals surface area contributed by atoms with Gasteiger partial charge in [-0.25, -0.2) is 18.7 Å². The van der Waals surface area contributed by atoms with Gasteiger partial charge in [0.2, 0.25) is 5.95 Å². The van der Waals surface area contributed by atoms with E-state index in [2.05, 4.69) is 9.97 Å². The van der Waals surface area contributed by atoms with Crippen molar-refractivity contribution in [3.63, 3.8) is 0 Å². The van der Waals surface area contributed by atoms with Gasteiger partial charge in [0.05, 0.1) is 4.92 Å². The van der Waals surface area contributed by atoms with Gasteiger partial charge in [0.25, 0.3) is 0 Å². The Balaban J connectivity index is 1.87. The van der Waals surface area contributed by atoms with Crippen LogP contribution < -0.4 is 4.90 Å². The predicted octanol–water partition coefficient (Wildman–Crippen LogP) is 3.87. The summed E-state index contributed by atoms with van der Waals surface area (Å²) in [5, 5.41) is 10.8. The molecular formula is C18H14F2N4O2. The zero-order chi connectivity index (χ0) is 18.5. The second-order valence-electron chi connectivity index (χ2n) is 5.61. The Morgan fingerprint density at radius 3 is 1.65 bits per heavy atom. The van der Waals surface area contributed by atoms with Crippen LogP contribution in [0, 0.1) is 21.7 Å². The summed E-state index contributed by atoms with van der Waals surface area (Å²) in [4.78, 5) is 20.1. The highest BCUT2D eigenvalue weighted by Gasteiger charge is 2.14. The lowest BCUT2D eigenvalue weighted by atomic mass is 10.1. The standard InChI is InChI=1S/C18H14F2N4O2/c19-15-5-1-13(2-6-15)11-23(12-14-3-7-16(20)8-4-14)18-21-9-17(10-22-18)24(25)26/h1-10H,11-12H2. The van der Waals surface area contributed by atoms with Crippen LogP contribution in [-0.4, -0.2) is 14.9 Å². The average molecular weight is 356 g/mol. The summed E-state index contributed by atoms with van der Waals surface area (Å²) >= 11 is 0. The monoisotopic (exact) mass is 356 g/mol.